The van der Waals surface area contributed by atoms with E-state index in [0.29, 0.717) is 29.0 Å². The average Bonchev–Trinajstić information content (AvgIpc) is 3.21. The molecule has 3 aromatic rings. The van der Waals surface area contributed by atoms with Gasteiger partial charge in [0, 0.05) is 18.3 Å². The third kappa shape index (κ3) is 5.64. The van der Waals surface area contributed by atoms with Crippen LogP contribution >= 0.6 is 11.8 Å². The lowest BCUT2D eigenvalue weighted by Crippen LogP contribution is -2.29. The lowest BCUT2D eigenvalue weighted by atomic mass is 10.2. The van der Waals surface area contributed by atoms with Crippen LogP contribution in [-0.2, 0) is 11.3 Å². The van der Waals surface area contributed by atoms with Gasteiger partial charge < -0.3 is 19.9 Å². The SMILES string of the molecule is CCn1c(SCC(=O)Nc2cccc(OC)c2)nnc1[C@H](C)NC(=O)c1ccccc1F. The molecule has 1 aromatic heterocycles. The van der Waals surface area contributed by atoms with E-state index >= 15 is 0 Å². The standard InChI is InChI=1S/C22H24FN5O3S/c1-4-28-20(14(2)24-21(30)17-10-5-6-11-18(17)23)26-27-22(28)32-13-19(29)25-15-8-7-9-16(12-15)31-3/h5-12,14H,4,13H2,1-3H3,(H,24,30)(H,25,29)/t14-/m0/s1. The number of hydrogen-bond acceptors (Lipinski definition) is 6. The number of anilines is 1. The Morgan fingerprint density at radius 1 is 1.19 bits per heavy atom. The first-order valence-corrected chi connectivity index (χ1v) is 11.0. The molecule has 0 saturated heterocycles. The number of halogens is 1. The number of nitrogens with zero attached hydrogens (tertiary/aromatic N) is 3. The summed E-state index contributed by atoms with van der Waals surface area (Å²) in [6.45, 7) is 4.21. The van der Waals surface area contributed by atoms with Crippen molar-refractivity contribution < 1.29 is 18.7 Å². The zero-order valence-electron chi connectivity index (χ0n) is 18.0. The van der Waals surface area contributed by atoms with E-state index < -0.39 is 17.8 Å². The minimum Gasteiger partial charge on any atom is -0.497 e. The van der Waals surface area contributed by atoms with Gasteiger partial charge in [-0.05, 0) is 38.1 Å². The average molecular weight is 458 g/mol. The highest BCUT2D eigenvalue weighted by Gasteiger charge is 2.21. The Hall–Kier alpha value is -3.40. The van der Waals surface area contributed by atoms with Crippen LogP contribution in [0, 0.1) is 5.82 Å². The molecule has 0 aliphatic carbocycles. The van der Waals surface area contributed by atoms with E-state index in [1.807, 2.05) is 11.5 Å². The predicted octanol–water partition coefficient (Wildman–Crippen LogP) is 3.67. The fraction of sp³-hybridized carbons (Fsp3) is 0.273. The maximum Gasteiger partial charge on any atom is 0.254 e. The molecule has 8 nitrogen and oxygen atoms in total. The number of carbonyl (C=O) groups excluding carboxylic acids is 2. The summed E-state index contributed by atoms with van der Waals surface area (Å²) in [6, 6.07) is 12.4. The zero-order valence-corrected chi connectivity index (χ0v) is 18.8. The van der Waals surface area contributed by atoms with Gasteiger partial charge in [-0.3, -0.25) is 9.59 Å². The second-order valence-electron chi connectivity index (χ2n) is 6.83. The van der Waals surface area contributed by atoms with Crippen molar-refractivity contribution in [2.45, 2.75) is 31.6 Å². The van der Waals surface area contributed by atoms with Crippen molar-refractivity contribution in [2.24, 2.45) is 0 Å². The maximum atomic E-state index is 13.9. The minimum atomic E-state index is -0.590. The molecule has 0 saturated carbocycles. The topological polar surface area (TPSA) is 98.1 Å². The Balaban J connectivity index is 1.63. The van der Waals surface area contributed by atoms with Gasteiger partial charge in [-0.15, -0.1) is 10.2 Å². The second kappa shape index (κ2) is 10.8. The molecule has 168 valence electrons. The molecule has 0 aliphatic heterocycles. The Labute approximate surface area is 189 Å². The van der Waals surface area contributed by atoms with Gasteiger partial charge >= 0.3 is 0 Å². The summed E-state index contributed by atoms with van der Waals surface area (Å²) < 4.78 is 20.8. The van der Waals surface area contributed by atoms with Gasteiger partial charge in [0.05, 0.1) is 24.5 Å². The van der Waals surface area contributed by atoms with Gasteiger partial charge in [0.15, 0.2) is 11.0 Å². The van der Waals surface area contributed by atoms with Crippen LogP contribution in [0.3, 0.4) is 0 Å². The quantitative estimate of drug-likeness (QED) is 0.476. The van der Waals surface area contributed by atoms with Crippen molar-refractivity contribution in [1.82, 2.24) is 20.1 Å². The van der Waals surface area contributed by atoms with E-state index in [2.05, 4.69) is 20.8 Å². The van der Waals surface area contributed by atoms with E-state index in [0.717, 1.165) is 0 Å². The van der Waals surface area contributed by atoms with Gasteiger partial charge in [0.1, 0.15) is 11.6 Å². The van der Waals surface area contributed by atoms with Crippen molar-refractivity contribution in [3.05, 3.63) is 65.7 Å². The van der Waals surface area contributed by atoms with Crippen LogP contribution in [0.2, 0.25) is 0 Å². The number of thioether (sulfide) groups is 1. The number of aromatic nitrogens is 3. The Morgan fingerprint density at radius 3 is 2.69 bits per heavy atom. The smallest absolute Gasteiger partial charge is 0.254 e. The molecule has 0 fully saturated rings. The molecule has 2 amide bonds. The van der Waals surface area contributed by atoms with E-state index in [9.17, 15) is 14.0 Å². The van der Waals surface area contributed by atoms with E-state index in [1.165, 1.54) is 30.0 Å². The normalized spacial score (nSPS) is 11.6. The summed E-state index contributed by atoms with van der Waals surface area (Å²) in [4.78, 5) is 24.8. The number of methoxy groups -OCH3 is 1. The van der Waals surface area contributed by atoms with E-state index in [4.69, 9.17) is 4.74 Å². The summed E-state index contributed by atoms with van der Waals surface area (Å²) in [7, 11) is 1.56. The van der Waals surface area contributed by atoms with Crippen molar-refractivity contribution in [1.29, 1.82) is 0 Å². The molecule has 0 radical (unpaired) electrons. The third-order valence-corrected chi connectivity index (χ3v) is 5.57. The molecule has 32 heavy (non-hydrogen) atoms. The zero-order chi connectivity index (χ0) is 23.1. The van der Waals surface area contributed by atoms with Crippen molar-refractivity contribution >= 4 is 29.3 Å². The molecular formula is C22H24FN5O3S. The van der Waals surface area contributed by atoms with Crippen LogP contribution in [0.1, 0.15) is 36.1 Å². The highest BCUT2D eigenvalue weighted by molar-refractivity contribution is 7.99. The van der Waals surface area contributed by atoms with Crippen LogP contribution in [0.4, 0.5) is 10.1 Å². The molecule has 1 heterocycles. The van der Waals surface area contributed by atoms with Crippen molar-refractivity contribution in [3.8, 4) is 5.75 Å². The van der Waals surface area contributed by atoms with Crippen LogP contribution in [0.15, 0.2) is 53.7 Å². The van der Waals surface area contributed by atoms with Crippen LogP contribution in [-0.4, -0.2) is 39.4 Å². The minimum absolute atomic E-state index is 0.0364. The van der Waals surface area contributed by atoms with Crippen LogP contribution < -0.4 is 15.4 Å². The second-order valence-corrected chi connectivity index (χ2v) is 7.77. The molecule has 1 atom stereocenters. The number of hydrogen-bond donors (Lipinski definition) is 2. The van der Waals surface area contributed by atoms with Crippen LogP contribution in [0.5, 0.6) is 5.75 Å². The van der Waals surface area contributed by atoms with E-state index in [1.54, 1.807) is 44.4 Å². The Bertz CT molecular complexity index is 1100. The number of benzene rings is 2. The van der Waals surface area contributed by atoms with Gasteiger partial charge in [0.25, 0.3) is 5.91 Å². The van der Waals surface area contributed by atoms with Gasteiger partial charge in [-0.2, -0.15) is 0 Å². The van der Waals surface area contributed by atoms with Crippen molar-refractivity contribution in [2.75, 3.05) is 18.2 Å². The van der Waals surface area contributed by atoms with E-state index in [-0.39, 0.29) is 17.2 Å². The molecule has 2 aromatic carbocycles. The predicted molar refractivity (Wildman–Crippen MR) is 120 cm³/mol. The van der Waals surface area contributed by atoms with Gasteiger partial charge in [-0.25, -0.2) is 4.39 Å². The molecular weight excluding hydrogens is 433 g/mol. The fourth-order valence-electron chi connectivity index (χ4n) is 3.04. The highest BCUT2D eigenvalue weighted by atomic mass is 32.2. The molecule has 0 aliphatic rings. The van der Waals surface area contributed by atoms with Gasteiger partial charge in [-0.1, -0.05) is 30.0 Å². The summed E-state index contributed by atoms with van der Waals surface area (Å²) in [6.07, 6.45) is 0. The summed E-state index contributed by atoms with van der Waals surface area (Å²) in [5.74, 6) is -0.0206. The molecule has 0 spiro atoms. The number of ether oxygens (including phenoxy) is 1. The lowest BCUT2D eigenvalue weighted by Gasteiger charge is -2.15. The molecule has 2 N–H and O–H groups in total. The fourth-order valence-corrected chi connectivity index (χ4v) is 3.85. The Morgan fingerprint density at radius 2 is 1.97 bits per heavy atom. The molecule has 10 heteroatoms. The molecule has 3 rings (SSSR count). The summed E-state index contributed by atoms with van der Waals surface area (Å²) in [5.41, 5.74) is 0.600. The lowest BCUT2D eigenvalue weighted by molar-refractivity contribution is -0.113. The Kier molecular flexibility index (Phi) is 7.82. The highest BCUT2D eigenvalue weighted by Crippen LogP contribution is 2.22. The summed E-state index contributed by atoms with van der Waals surface area (Å²) >= 11 is 1.24. The molecule has 0 bridgehead atoms. The van der Waals surface area contributed by atoms with Crippen molar-refractivity contribution in [3.63, 3.8) is 0 Å². The monoisotopic (exact) mass is 457 g/mol. The van der Waals surface area contributed by atoms with Crippen LogP contribution in [0.25, 0.3) is 0 Å². The summed E-state index contributed by atoms with van der Waals surface area (Å²) in [5, 5.41) is 14.5. The largest absolute Gasteiger partial charge is 0.497 e. The number of amides is 2. The first kappa shape index (κ1) is 23.3. The first-order chi connectivity index (χ1) is 15.4. The maximum absolute atomic E-state index is 13.9. The number of nitrogens with one attached hydrogen (secondary N) is 2. The van der Waals surface area contributed by atoms with Gasteiger partial charge in [0.2, 0.25) is 5.91 Å². The molecule has 0 unspecified atom stereocenters. The first-order valence-electron chi connectivity index (χ1n) is 9.98. The number of rotatable bonds is 9. The third-order valence-electron chi connectivity index (χ3n) is 4.60. The number of carbonyl (C=O) groups is 2.